The third-order valence-electron chi connectivity index (χ3n) is 5.33. The van der Waals surface area contributed by atoms with Crippen LogP contribution in [-0.4, -0.2) is 37.5 Å². The first kappa shape index (κ1) is 15.5. The SMILES string of the molecule is CNCC1CCN(C(=O)C2(c3ccc(F)cc3)CCCC2)C1. The summed E-state index contributed by atoms with van der Waals surface area (Å²) in [6, 6.07) is 6.58. The molecule has 3 nitrogen and oxygen atoms in total. The van der Waals surface area contributed by atoms with Crippen molar-refractivity contribution in [1.82, 2.24) is 10.2 Å². The Balaban J connectivity index is 1.82. The maximum atomic E-state index is 13.2. The average Bonchev–Trinajstić information content (AvgIpc) is 3.17. The molecule has 0 radical (unpaired) electrons. The lowest BCUT2D eigenvalue weighted by Crippen LogP contribution is -2.44. The van der Waals surface area contributed by atoms with Crippen LogP contribution in [0.4, 0.5) is 4.39 Å². The van der Waals surface area contributed by atoms with Gasteiger partial charge in [0.2, 0.25) is 5.91 Å². The number of rotatable bonds is 4. The molecule has 1 amide bonds. The van der Waals surface area contributed by atoms with Crippen LogP contribution in [0.15, 0.2) is 24.3 Å². The molecule has 22 heavy (non-hydrogen) atoms. The maximum absolute atomic E-state index is 13.2. The van der Waals surface area contributed by atoms with E-state index in [1.54, 1.807) is 12.1 Å². The van der Waals surface area contributed by atoms with E-state index in [1.165, 1.54) is 12.1 Å². The minimum Gasteiger partial charge on any atom is -0.342 e. The Morgan fingerprint density at radius 2 is 2.00 bits per heavy atom. The molecule has 1 saturated heterocycles. The third kappa shape index (κ3) is 2.76. The first-order chi connectivity index (χ1) is 10.7. The van der Waals surface area contributed by atoms with Crippen molar-refractivity contribution in [3.8, 4) is 0 Å². The molecule has 0 aromatic heterocycles. The van der Waals surface area contributed by atoms with Crippen molar-refractivity contribution in [3.05, 3.63) is 35.6 Å². The molecule has 0 spiro atoms. The van der Waals surface area contributed by atoms with E-state index in [4.69, 9.17) is 0 Å². The number of nitrogens with one attached hydrogen (secondary N) is 1. The monoisotopic (exact) mass is 304 g/mol. The van der Waals surface area contributed by atoms with Crippen molar-refractivity contribution in [1.29, 1.82) is 0 Å². The molecular formula is C18H25FN2O. The fourth-order valence-electron chi connectivity index (χ4n) is 4.15. The van der Waals surface area contributed by atoms with Crippen molar-refractivity contribution < 1.29 is 9.18 Å². The molecule has 0 bridgehead atoms. The van der Waals surface area contributed by atoms with E-state index < -0.39 is 5.41 Å². The van der Waals surface area contributed by atoms with Crippen LogP contribution in [0.25, 0.3) is 0 Å². The normalized spacial score (nSPS) is 23.9. The number of halogens is 1. The molecule has 1 aliphatic carbocycles. The van der Waals surface area contributed by atoms with E-state index in [9.17, 15) is 9.18 Å². The van der Waals surface area contributed by atoms with Crippen LogP contribution in [0.5, 0.6) is 0 Å². The first-order valence-electron chi connectivity index (χ1n) is 8.36. The maximum Gasteiger partial charge on any atom is 0.233 e. The smallest absolute Gasteiger partial charge is 0.233 e. The molecule has 3 rings (SSSR count). The Kier molecular flexibility index (Phi) is 4.48. The van der Waals surface area contributed by atoms with Crippen LogP contribution in [-0.2, 0) is 10.2 Å². The first-order valence-corrected chi connectivity index (χ1v) is 8.36. The van der Waals surface area contributed by atoms with Gasteiger partial charge in [0, 0.05) is 13.1 Å². The summed E-state index contributed by atoms with van der Waals surface area (Å²) >= 11 is 0. The minimum atomic E-state index is -0.414. The number of hydrogen-bond donors (Lipinski definition) is 1. The summed E-state index contributed by atoms with van der Waals surface area (Å²) < 4.78 is 13.2. The quantitative estimate of drug-likeness (QED) is 0.927. The lowest BCUT2D eigenvalue weighted by molar-refractivity contribution is -0.136. The fourth-order valence-corrected chi connectivity index (χ4v) is 4.15. The van der Waals surface area contributed by atoms with Gasteiger partial charge < -0.3 is 10.2 Å². The van der Waals surface area contributed by atoms with E-state index in [2.05, 4.69) is 5.32 Å². The molecule has 1 atom stereocenters. The van der Waals surface area contributed by atoms with E-state index in [0.717, 1.165) is 57.3 Å². The number of benzene rings is 1. The summed E-state index contributed by atoms with van der Waals surface area (Å²) in [4.78, 5) is 15.3. The van der Waals surface area contributed by atoms with Crippen LogP contribution >= 0.6 is 0 Å². The lowest BCUT2D eigenvalue weighted by Gasteiger charge is -2.33. The minimum absolute atomic E-state index is 0.236. The van der Waals surface area contributed by atoms with Crippen molar-refractivity contribution in [2.45, 2.75) is 37.5 Å². The van der Waals surface area contributed by atoms with Crippen LogP contribution < -0.4 is 5.32 Å². The highest BCUT2D eigenvalue weighted by Crippen LogP contribution is 2.43. The van der Waals surface area contributed by atoms with Gasteiger partial charge in [0.05, 0.1) is 5.41 Å². The van der Waals surface area contributed by atoms with Gasteiger partial charge in [-0.3, -0.25) is 4.79 Å². The van der Waals surface area contributed by atoms with Crippen molar-refractivity contribution in [2.75, 3.05) is 26.7 Å². The topological polar surface area (TPSA) is 32.3 Å². The standard InChI is InChI=1S/C18H25FN2O/c1-20-12-14-8-11-21(13-14)17(22)18(9-2-3-10-18)15-4-6-16(19)7-5-15/h4-7,14,20H,2-3,8-13H2,1H3. The Labute approximate surface area is 131 Å². The number of amides is 1. The highest BCUT2D eigenvalue weighted by Gasteiger charge is 2.46. The summed E-state index contributed by atoms with van der Waals surface area (Å²) in [5.41, 5.74) is 0.579. The lowest BCUT2D eigenvalue weighted by atomic mass is 9.77. The zero-order valence-corrected chi connectivity index (χ0v) is 13.3. The molecular weight excluding hydrogens is 279 g/mol. The number of hydrogen-bond acceptors (Lipinski definition) is 2. The summed E-state index contributed by atoms with van der Waals surface area (Å²) in [6.45, 7) is 2.67. The highest BCUT2D eigenvalue weighted by atomic mass is 19.1. The van der Waals surface area contributed by atoms with E-state index in [1.807, 2.05) is 11.9 Å². The molecule has 1 aliphatic heterocycles. The molecule has 2 fully saturated rings. The molecule has 1 N–H and O–H groups in total. The third-order valence-corrected chi connectivity index (χ3v) is 5.33. The van der Waals surface area contributed by atoms with Gasteiger partial charge >= 0.3 is 0 Å². The van der Waals surface area contributed by atoms with Crippen LogP contribution in [0, 0.1) is 11.7 Å². The summed E-state index contributed by atoms with van der Waals surface area (Å²) in [5, 5.41) is 3.21. The van der Waals surface area contributed by atoms with E-state index in [-0.39, 0.29) is 11.7 Å². The molecule has 2 aliphatic rings. The van der Waals surface area contributed by atoms with Gasteiger partial charge in [0.25, 0.3) is 0 Å². The Bertz CT molecular complexity index is 522. The molecule has 120 valence electrons. The fraction of sp³-hybridized carbons (Fsp3) is 0.611. The Hall–Kier alpha value is -1.42. The van der Waals surface area contributed by atoms with Crippen molar-refractivity contribution >= 4 is 5.91 Å². The number of carbonyl (C=O) groups is 1. The highest BCUT2D eigenvalue weighted by molar-refractivity contribution is 5.89. The van der Waals surface area contributed by atoms with Gasteiger partial charge in [-0.15, -0.1) is 0 Å². The summed E-state index contributed by atoms with van der Waals surface area (Å²) in [5.74, 6) is 0.579. The van der Waals surface area contributed by atoms with Gasteiger partial charge in [-0.05, 0) is 56.5 Å². The Morgan fingerprint density at radius 1 is 1.32 bits per heavy atom. The molecule has 1 aromatic rings. The largest absolute Gasteiger partial charge is 0.342 e. The second-order valence-corrected chi connectivity index (χ2v) is 6.76. The van der Waals surface area contributed by atoms with Gasteiger partial charge in [-0.25, -0.2) is 4.39 Å². The number of nitrogens with zero attached hydrogens (tertiary/aromatic N) is 1. The summed E-state index contributed by atoms with van der Waals surface area (Å²) in [7, 11) is 1.96. The summed E-state index contributed by atoms with van der Waals surface area (Å²) in [6.07, 6.45) is 5.02. The van der Waals surface area contributed by atoms with Crippen LogP contribution in [0.3, 0.4) is 0 Å². The number of likely N-dealkylation sites (tertiary alicyclic amines) is 1. The average molecular weight is 304 g/mol. The van der Waals surface area contributed by atoms with Crippen molar-refractivity contribution in [2.24, 2.45) is 5.92 Å². The molecule has 4 heteroatoms. The van der Waals surface area contributed by atoms with Gasteiger partial charge in [-0.2, -0.15) is 0 Å². The Morgan fingerprint density at radius 3 is 2.64 bits per heavy atom. The second-order valence-electron chi connectivity index (χ2n) is 6.76. The predicted octanol–water partition coefficient (Wildman–Crippen LogP) is 2.71. The van der Waals surface area contributed by atoms with Crippen molar-refractivity contribution in [3.63, 3.8) is 0 Å². The van der Waals surface area contributed by atoms with Crippen LogP contribution in [0.1, 0.15) is 37.7 Å². The van der Waals surface area contributed by atoms with E-state index in [0.29, 0.717) is 5.92 Å². The zero-order chi connectivity index (χ0) is 15.6. The molecule has 1 saturated carbocycles. The molecule has 1 heterocycles. The second kappa shape index (κ2) is 6.37. The molecule has 1 unspecified atom stereocenters. The van der Waals surface area contributed by atoms with Gasteiger partial charge in [0.15, 0.2) is 0 Å². The van der Waals surface area contributed by atoms with Gasteiger partial charge in [0.1, 0.15) is 5.82 Å². The molecule has 1 aromatic carbocycles. The number of carbonyl (C=O) groups excluding carboxylic acids is 1. The predicted molar refractivity (Wildman–Crippen MR) is 85.2 cm³/mol. The van der Waals surface area contributed by atoms with Gasteiger partial charge in [-0.1, -0.05) is 25.0 Å². The van der Waals surface area contributed by atoms with Crippen LogP contribution in [0.2, 0.25) is 0 Å². The van der Waals surface area contributed by atoms with E-state index >= 15 is 0 Å². The zero-order valence-electron chi connectivity index (χ0n) is 13.3.